The van der Waals surface area contributed by atoms with E-state index < -0.39 is 0 Å². The maximum Gasteiger partial charge on any atom is 0.123 e. The van der Waals surface area contributed by atoms with Gasteiger partial charge in [-0.15, -0.1) is 0 Å². The number of hydrogen-bond acceptors (Lipinski definition) is 1. The summed E-state index contributed by atoms with van der Waals surface area (Å²) >= 11 is 7.30. The van der Waals surface area contributed by atoms with E-state index in [9.17, 15) is 0 Å². The summed E-state index contributed by atoms with van der Waals surface area (Å²) in [5, 5.41) is 0. The van der Waals surface area contributed by atoms with Crippen LogP contribution in [0.3, 0.4) is 0 Å². The Bertz CT molecular complexity index is 566. The third kappa shape index (κ3) is 3.61. The first-order chi connectivity index (χ1) is 9.11. The van der Waals surface area contributed by atoms with Crippen molar-refractivity contribution in [3.05, 3.63) is 63.6 Å². The molecule has 1 atom stereocenters. The Morgan fingerprint density at radius 2 is 1.95 bits per heavy atom. The van der Waals surface area contributed by atoms with Gasteiger partial charge in [0.15, 0.2) is 0 Å². The fraction of sp³-hybridized carbons (Fsp3) is 0.250. The summed E-state index contributed by atoms with van der Waals surface area (Å²) in [5.41, 5.74) is 3.61. The van der Waals surface area contributed by atoms with Crippen molar-refractivity contribution in [1.29, 1.82) is 0 Å². The number of rotatable bonds is 4. The van der Waals surface area contributed by atoms with Gasteiger partial charge in [0.1, 0.15) is 5.75 Å². The smallest absolute Gasteiger partial charge is 0.123 e. The fourth-order valence-electron chi connectivity index (χ4n) is 2.00. The topological polar surface area (TPSA) is 9.23 Å². The molecule has 0 N–H and O–H groups in total. The second-order valence-electron chi connectivity index (χ2n) is 4.39. The molecule has 0 bridgehead atoms. The van der Waals surface area contributed by atoms with E-state index in [2.05, 4.69) is 63.0 Å². The summed E-state index contributed by atoms with van der Waals surface area (Å²) in [5.74, 6) is 0.940. The van der Waals surface area contributed by atoms with Crippen LogP contribution in [-0.4, -0.2) is 6.61 Å². The van der Waals surface area contributed by atoms with Crippen molar-refractivity contribution in [3.8, 4) is 5.75 Å². The summed E-state index contributed by atoms with van der Waals surface area (Å²) in [7, 11) is 0. The van der Waals surface area contributed by atoms with Crippen LogP contribution in [0.4, 0.5) is 0 Å². The zero-order chi connectivity index (χ0) is 13.8. The molecule has 0 aromatic heterocycles. The highest BCUT2D eigenvalue weighted by atomic mass is 79.9. The van der Waals surface area contributed by atoms with E-state index in [0.29, 0.717) is 6.61 Å². The fourth-order valence-corrected chi connectivity index (χ4v) is 3.06. The SMILES string of the molecule is CCOc1ccc(C)cc1C(Br)c1cccc(Br)c1. The van der Waals surface area contributed by atoms with Gasteiger partial charge in [-0.1, -0.05) is 61.7 Å². The minimum atomic E-state index is 0.131. The molecule has 19 heavy (non-hydrogen) atoms. The average molecular weight is 384 g/mol. The van der Waals surface area contributed by atoms with Crippen LogP contribution in [0.2, 0.25) is 0 Å². The highest BCUT2D eigenvalue weighted by Gasteiger charge is 2.15. The lowest BCUT2D eigenvalue weighted by atomic mass is 10.0. The van der Waals surface area contributed by atoms with Crippen LogP contribution < -0.4 is 4.74 Å². The van der Waals surface area contributed by atoms with Crippen molar-refractivity contribution in [2.24, 2.45) is 0 Å². The van der Waals surface area contributed by atoms with Crippen molar-refractivity contribution in [1.82, 2.24) is 0 Å². The standard InChI is InChI=1S/C16H16Br2O/c1-3-19-15-8-7-11(2)9-14(15)16(18)12-5-4-6-13(17)10-12/h4-10,16H,3H2,1-2H3. The first-order valence-corrected chi connectivity index (χ1v) is 7.95. The second kappa shape index (κ2) is 6.58. The second-order valence-corrected chi connectivity index (χ2v) is 6.22. The van der Waals surface area contributed by atoms with Crippen molar-refractivity contribution >= 4 is 31.9 Å². The molecule has 0 saturated carbocycles. The Hall–Kier alpha value is -0.800. The van der Waals surface area contributed by atoms with Gasteiger partial charge in [-0.3, -0.25) is 0 Å². The molecule has 2 aromatic carbocycles. The summed E-state index contributed by atoms with van der Waals surface area (Å²) in [6, 6.07) is 14.6. The zero-order valence-electron chi connectivity index (χ0n) is 11.0. The van der Waals surface area contributed by atoms with Gasteiger partial charge in [-0.25, -0.2) is 0 Å². The van der Waals surface area contributed by atoms with Crippen LogP contribution >= 0.6 is 31.9 Å². The van der Waals surface area contributed by atoms with E-state index in [0.717, 1.165) is 10.2 Å². The molecule has 1 nitrogen and oxygen atoms in total. The number of benzene rings is 2. The first kappa shape index (κ1) is 14.6. The highest BCUT2D eigenvalue weighted by molar-refractivity contribution is 9.10. The van der Waals surface area contributed by atoms with E-state index in [1.54, 1.807) is 0 Å². The minimum absolute atomic E-state index is 0.131. The molecule has 100 valence electrons. The summed E-state index contributed by atoms with van der Waals surface area (Å²) in [6.45, 7) is 4.78. The Morgan fingerprint density at radius 1 is 1.16 bits per heavy atom. The van der Waals surface area contributed by atoms with Gasteiger partial charge in [-0.2, -0.15) is 0 Å². The minimum Gasteiger partial charge on any atom is -0.494 e. The van der Waals surface area contributed by atoms with Crippen LogP contribution in [0.25, 0.3) is 0 Å². The van der Waals surface area contributed by atoms with Crippen molar-refractivity contribution < 1.29 is 4.74 Å². The van der Waals surface area contributed by atoms with Crippen LogP contribution in [0, 0.1) is 6.92 Å². The first-order valence-electron chi connectivity index (χ1n) is 6.24. The third-order valence-electron chi connectivity index (χ3n) is 2.88. The molecule has 0 spiro atoms. The zero-order valence-corrected chi connectivity index (χ0v) is 14.2. The molecule has 0 aliphatic rings. The van der Waals surface area contributed by atoms with E-state index in [1.807, 2.05) is 25.1 Å². The predicted molar refractivity (Wildman–Crippen MR) is 87.3 cm³/mol. The molecule has 2 rings (SSSR count). The Labute approximate surface area is 131 Å². The number of halogens is 2. The Balaban J connectivity index is 2.42. The average Bonchev–Trinajstić information content (AvgIpc) is 2.40. The van der Waals surface area contributed by atoms with Crippen LogP contribution in [0.15, 0.2) is 46.9 Å². The predicted octanol–water partition coefficient (Wildman–Crippen LogP) is 5.64. The van der Waals surface area contributed by atoms with Crippen LogP contribution in [-0.2, 0) is 0 Å². The van der Waals surface area contributed by atoms with Crippen molar-refractivity contribution in [2.45, 2.75) is 18.7 Å². The summed E-state index contributed by atoms with van der Waals surface area (Å²) in [6.07, 6.45) is 0. The molecule has 1 unspecified atom stereocenters. The molecule has 0 amide bonds. The van der Waals surface area contributed by atoms with Gasteiger partial charge in [-0.05, 0) is 37.6 Å². The van der Waals surface area contributed by atoms with E-state index in [-0.39, 0.29) is 4.83 Å². The van der Waals surface area contributed by atoms with Crippen LogP contribution in [0.1, 0.15) is 28.4 Å². The highest BCUT2D eigenvalue weighted by Crippen LogP contribution is 2.37. The van der Waals surface area contributed by atoms with Crippen molar-refractivity contribution in [2.75, 3.05) is 6.61 Å². The van der Waals surface area contributed by atoms with Gasteiger partial charge < -0.3 is 4.74 Å². The maximum absolute atomic E-state index is 5.72. The van der Waals surface area contributed by atoms with Gasteiger partial charge in [0.05, 0.1) is 11.4 Å². The van der Waals surface area contributed by atoms with Gasteiger partial charge in [0, 0.05) is 10.0 Å². The molecule has 0 fully saturated rings. The van der Waals surface area contributed by atoms with E-state index in [4.69, 9.17) is 4.74 Å². The Kier molecular flexibility index (Phi) is 5.06. The number of hydrogen-bond donors (Lipinski definition) is 0. The van der Waals surface area contributed by atoms with E-state index >= 15 is 0 Å². The lowest BCUT2D eigenvalue weighted by Crippen LogP contribution is -2.00. The van der Waals surface area contributed by atoms with E-state index in [1.165, 1.54) is 16.7 Å². The number of alkyl halides is 1. The van der Waals surface area contributed by atoms with Gasteiger partial charge in [0.25, 0.3) is 0 Å². The quantitative estimate of drug-likeness (QED) is 0.620. The lowest BCUT2D eigenvalue weighted by molar-refractivity contribution is 0.337. The molecule has 0 saturated heterocycles. The normalized spacial score (nSPS) is 12.2. The molecule has 3 heteroatoms. The molecular weight excluding hydrogens is 368 g/mol. The van der Waals surface area contributed by atoms with Gasteiger partial charge >= 0.3 is 0 Å². The maximum atomic E-state index is 5.72. The number of ether oxygens (including phenoxy) is 1. The molecule has 0 heterocycles. The molecule has 0 radical (unpaired) electrons. The van der Waals surface area contributed by atoms with Crippen molar-refractivity contribution in [3.63, 3.8) is 0 Å². The molecule has 0 aliphatic carbocycles. The molecule has 2 aromatic rings. The summed E-state index contributed by atoms with van der Waals surface area (Å²) in [4.78, 5) is 0.131. The van der Waals surface area contributed by atoms with Crippen LogP contribution in [0.5, 0.6) is 5.75 Å². The number of aryl methyl sites for hydroxylation is 1. The third-order valence-corrected chi connectivity index (χ3v) is 4.39. The Morgan fingerprint density at radius 3 is 2.63 bits per heavy atom. The lowest BCUT2D eigenvalue weighted by Gasteiger charge is -2.16. The molecular formula is C16H16Br2O. The summed E-state index contributed by atoms with van der Waals surface area (Å²) < 4.78 is 6.81. The monoisotopic (exact) mass is 382 g/mol. The largest absolute Gasteiger partial charge is 0.494 e. The van der Waals surface area contributed by atoms with Gasteiger partial charge in [0.2, 0.25) is 0 Å². The molecule has 0 aliphatic heterocycles.